The molecule has 0 aromatic carbocycles. The largest absolute Gasteiger partial charge is 0.269 e. The quantitative estimate of drug-likeness (QED) is 0.427. The molecule has 0 aromatic heterocycles. The Morgan fingerprint density at radius 3 is 3.57 bits per heavy atom. The highest BCUT2D eigenvalue weighted by Crippen LogP contribution is 1.85. The summed E-state index contributed by atoms with van der Waals surface area (Å²) in [5.74, 6) is 0. The van der Waals surface area contributed by atoms with E-state index in [1.807, 2.05) is 18.4 Å². The molecular weight excluding hydrogens is 86.1 g/mol. The number of nitrogens with zero attached hydrogens (tertiary/aromatic N) is 1. The van der Waals surface area contributed by atoms with Crippen molar-refractivity contribution in [2.24, 2.45) is 4.99 Å². The highest BCUT2D eigenvalue weighted by molar-refractivity contribution is 5.60. The zero-order chi connectivity index (χ0) is 4.95. The normalized spacial score (nSPS) is 17.1. The molecule has 0 unspecified atom stereocenters. The molecule has 0 saturated carbocycles. The van der Waals surface area contributed by atoms with Crippen molar-refractivity contribution >= 4 is 6.21 Å². The summed E-state index contributed by atoms with van der Waals surface area (Å²) in [6.45, 7) is 0. The number of allylic oxidation sites excluding steroid dienone is 3. The summed E-state index contributed by atoms with van der Waals surface area (Å²) in [4.78, 5) is 3.87. The molecule has 35 valence electrons. The summed E-state index contributed by atoms with van der Waals surface area (Å²) in [6, 6.07) is 0. The summed E-state index contributed by atoms with van der Waals surface area (Å²) in [7, 11) is 0. The molecule has 1 heteroatoms. The zero-order valence-electron chi connectivity index (χ0n) is 3.96. The van der Waals surface area contributed by atoms with Gasteiger partial charge in [-0.25, -0.2) is 0 Å². The Bertz CT molecular complexity index is 106. The van der Waals surface area contributed by atoms with Crippen LogP contribution < -0.4 is 0 Å². The van der Waals surface area contributed by atoms with Crippen LogP contribution in [0.15, 0.2) is 23.3 Å². The Morgan fingerprint density at radius 2 is 2.57 bits per heavy atom. The van der Waals surface area contributed by atoms with Gasteiger partial charge in [0.05, 0.1) is 0 Å². The minimum atomic E-state index is 0.840. The first-order valence-corrected chi connectivity index (χ1v) is 2.23. The fraction of sp³-hybridized carbons (Fsp3) is 0.167. The fourth-order valence-corrected chi connectivity index (χ4v) is 0.395. The van der Waals surface area contributed by atoms with Crippen LogP contribution in [0.5, 0.6) is 0 Å². The number of aliphatic imine (C=N–C) groups is 1. The molecule has 1 rings (SSSR count). The average Bonchev–Trinajstić information content (AvgIpc) is 1.90. The van der Waals surface area contributed by atoms with E-state index < -0.39 is 0 Å². The van der Waals surface area contributed by atoms with Gasteiger partial charge >= 0.3 is 0 Å². The van der Waals surface area contributed by atoms with E-state index in [0.717, 1.165) is 6.42 Å². The van der Waals surface area contributed by atoms with Crippen LogP contribution in [0.4, 0.5) is 0 Å². The van der Waals surface area contributed by atoms with Gasteiger partial charge in [-0.1, -0.05) is 6.08 Å². The van der Waals surface area contributed by atoms with Gasteiger partial charge in [0, 0.05) is 18.8 Å². The lowest BCUT2D eigenvalue weighted by molar-refractivity contribution is 1.46. The van der Waals surface area contributed by atoms with Crippen molar-refractivity contribution in [2.45, 2.75) is 6.42 Å². The lowest BCUT2D eigenvalue weighted by Crippen LogP contribution is -1.62. The predicted octanol–water partition coefficient (Wildman–Crippen LogP) is 1.33. The fourth-order valence-electron chi connectivity index (χ4n) is 0.395. The molecule has 0 aromatic rings. The maximum absolute atomic E-state index is 3.87. The van der Waals surface area contributed by atoms with Crippen molar-refractivity contribution in [2.75, 3.05) is 0 Å². The lowest BCUT2D eigenvalue weighted by Gasteiger charge is -1.68. The first-order chi connectivity index (χ1) is 3.50. The Labute approximate surface area is 43.1 Å². The molecule has 1 aliphatic rings. The van der Waals surface area contributed by atoms with E-state index in [-0.39, 0.29) is 0 Å². The van der Waals surface area contributed by atoms with Crippen LogP contribution in [0.3, 0.4) is 0 Å². The Hall–Kier alpha value is -0.850. The number of rotatable bonds is 0. The van der Waals surface area contributed by atoms with Crippen molar-refractivity contribution in [3.05, 3.63) is 24.4 Å². The Balaban J connectivity index is 2.60. The van der Waals surface area contributed by atoms with Gasteiger partial charge in [-0.3, -0.25) is 4.99 Å². The van der Waals surface area contributed by atoms with E-state index in [0.29, 0.717) is 0 Å². The minimum absolute atomic E-state index is 0.840. The molecular formula is C6H6N. The van der Waals surface area contributed by atoms with E-state index in [2.05, 4.69) is 11.1 Å². The first-order valence-electron chi connectivity index (χ1n) is 2.23. The third-order valence-electron chi connectivity index (χ3n) is 0.701. The maximum Gasteiger partial charge on any atom is 0.0264 e. The van der Waals surface area contributed by atoms with E-state index in [1.54, 1.807) is 6.20 Å². The molecule has 1 aliphatic heterocycles. The SMILES string of the molecule is [C]1=CC=CN=CC1. The second-order valence-electron chi connectivity index (χ2n) is 1.25. The van der Waals surface area contributed by atoms with E-state index in [1.165, 1.54) is 0 Å². The predicted molar refractivity (Wildman–Crippen MR) is 30.1 cm³/mol. The molecule has 1 radical (unpaired) electrons. The van der Waals surface area contributed by atoms with Crippen LogP contribution in [0.2, 0.25) is 0 Å². The van der Waals surface area contributed by atoms with Crippen molar-refractivity contribution in [3.63, 3.8) is 0 Å². The second kappa shape index (κ2) is 2.35. The summed E-state index contributed by atoms with van der Waals surface area (Å²) in [5, 5.41) is 0. The highest BCUT2D eigenvalue weighted by atomic mass is 14.7. The van der Waals surface area contributed by atoms with Gasteiger partial charge < -0.3 is 0 Å². The van der Waals surface area contributed by atoms with Crippen molar-refractivity contribution < 1.29 is 0 Å². The smallest absolute Gasteiger partial charge is 0.0264 e. The minimum Gasteiger partial charge on any atom is -0.269 e. The van der Waals surface area contributed by atoms with Crippen molar-refractivity contribution in [3.8, 4) is 0 Å². The Morgan fingerprint density at radius 1 is 1.57 bits per heavy atom. The maximum atomic E-state index is 3.87. The van der Waals surface area contributed by atoms with E-state index >= 15 is 0 Å². The average molecular weight is 92.1 g/mol. The van der Waals surface area contributed by atoms with Crippen molar-refractivity contribution in [1.82, 2.24) is 0 Å². The molecule has 0 bridgehead atoms. The molecule has 0 spiro atoms. The Kier molecular flexibility index (Phi) is 1.44. The number of hydrogen-bond donors (Lipinski definition) is 0. The first kappa shape index (κ1) is 4.31. The van der Waals surface area contributed by atoms with Crippen LogP contribution >= 0.6 is 0 Å². The lowest BCUT2D eigenvalue weighted by atomic mass is 10.4. The summed E-state index contributed by atoms with van der Waals surface area (Å²) < 4.78 is 0. The molecule has 1 heterocycles. The topological polar surface area (TPSA) is 12.4 Å². The highest BCUT2D eigenvalue weighted by Gasteiger charge is 1.72. The third-order valence-corrected chi connectivity index (χ3v) is 0.701. The van der Waals surface area contributed by atoms with Crippen LogP contribution in [0.25, 0.3) is 0 Å². The van der Waals surface area contributed by atoms with Crippen molar-refractivity contribution in [1.29, 1.82) is 0 Å². The zero-order valence-corrected chi connectivity index (χ0v) is 3.96. The number of hydrogen-bond acceptors (Lipinski definition) is 1. The van der Waals surface area contributed by atoms with Gasteiger partial charge in [-0.2, -0.15) is 0 Å². The summed E-state index contributed by atoms with van der Waals surface area (Å²) in [5.41, 5.74) is 0. The summed E-state index contributed by atoms with van der Waals surface area (Å²) >= 11 is 0. The third kappa shape index (κ3) is 1.35. The van der Waals surface area contributed by atoms with Crippen LogP contribution in [0, 0.1) is 6.08 Å². The summed E-state index contributed by atoms with van der Waals surface area (Å²) in [6.07, 6.45) is 11.1. The van der Waals surface area contributed by atoms with E-state index in [4.69, 9.17) is 0 Å². The molecule has 0 fully saturated rings. The molecule has 0 atom stereocenters. The molecule has 0 aliphatic carbocycles. The van der Waals surface area contributed by atoms with E-state index in [9.17, 15) is 0 Å². The van der Waals surface area contributed by atoms with Gasteiger partial charge in [-0.05, 0) is 12.2 Å². The van der Waals surface area contributed by atoms with Crippen LogP contribution in [-0.2, 0) is 0 Å². The molecule has 0 saturated heterocycles. The monoisotopic (exact) mass is 92.1 g/mol. The molecule has 1 nitrogen and oxygen atoms in total. The standard InChI is InChI=1S/C6H6N/c1-2-4-6-7-5-3-1/h1,3,5-6H,4H2. The molecule has 0 amide bonds. The second-order valence-corrected chi connectivity index (χ2v) is 1.25. The van der Waals surface area contributed by atoms with Crippen LogP contribution in [0.1, 0.15) is 6.42 Å². The van der Waals surface area contributed by atoms with Gasteiger partial charge in [0.2, 0.25) is 0 Å². The van der Waals surface area contributed by atoms with Gasteiger partial charge in [0.1, 0.15) is 0 Å². The van der Waals surface area contributed by atoms with Gasteiger partial charge in [-0.15, -0.1) is 0 Å². The van der Waals surface area contributed by atoms with Gasteiger partial charge in [0.15, 0.2) is 0 Å². The van der Waals surface area contributed by atoms with Crippen LogP contribution in [-0.4, -0.2) is 6.21 Å². The molecule has 7 heavy (non-hydrogen) atoms. The van der Waals surface area contributed by atoms with Gasteiger partial charge in [0.25, 0.3) is 0 Å². The molecule has 0 N–H and O–H groups in total.